The van der Waals surface area contributed by atoms with Crippen LogP contribution < -0.4 is 0 Å². The van der Waals surface area contributed by atoms with Gasteiger partial charge in [0, 0.05) is 0 Å². The summed E-state index contributed by atoms with van der Waals surface area (Å²) in [6, 6.07) is 9.08. The van der Waals surface area contributed by atoms with Gasteiger partial charge in [0.25, 0.3) is 0 Å². The Labute approximate surface area is 247 Å². The van der Waals surface area contributed by atoms with E-state index >= 15 is 0 Å². The normalized spacial score (nSPS) is 12.3. The van der Waals surface area contributed by atoms with E-state index in [1.807, 2.05) is 13.8 Å². The Hall–Kier alpha value is -1.82. The summed E-state index contributed by atoms with van der Waals surface area (Å²) in [5, 5.41) is 0. The van der Waals surface area contributed by atoms with E-state index in [-0.39, 0.29) is 0 Å². The van der Waals surface area contributed by atoms with E-state index in [1.54, 1.807) is 0 Å². The predicted molar refractivity (Wildman–Crippen MR) is 184 cm³/mol. The fraction of sp³-hybridized carbons (Fsp3) is 0.641. The lowest BCUT2D eigenvalue weighted by Gasteiger charge is -2.20. The van der Waals surface area contributed by atoms with Crippen LogP contribution in [-0.4, -0.2) is 0 Å². The fourth-order valence-corrected chi connectivity index (χ4v) is 4.62. The molecule has 0 saturated heterocycles. The highest BCUT2D eigenvalue weighted by Gasteiger charge is 2.13. The molecule has 0 saturated carbocycles. The average molecular weight is 537 g/mol. The lowest BCUT2D eigenvalue weighted by molar-refractivity contribution is 0.319. The Kier molecular flexibility index (Phi) is 23.1. The second-order valence-electron chi connectivity index (χ2n) is 12.5. The van der Waals surface area contributed by atoms with Crippen molar-refractivity contribution < 1.29 is 0 Å². The molecule has 0 aliphatic rings. The Morgan fingerprint density at radius 3 is 1.77 bits per heavy atom. The molecule has 39 heavy (non-hydrogen) atoms. The zero-order valence-corrected chi connectivity index (χ0v) is 28.3. The maximum atomic E-state index is 4.19. The van der Waals surface area contributed by atoms with Gasteiger partial charge in [0.05, 0.1) is 0 Å². The van der Waals surface area contributed by atoms with Gasteiger partial charge in [-0.25, -0.2) is 0 Å². The summed E-state index contributed by atoms with van der Waals surface area (Å²) in [5.74, 6) is 1.43. The van der Waals surface area contributed by atoms with Crippen LogP contribution in [0.5, 0.6) is 0 Å². The first-order chi connectivity index (χ1) is 18.3. The predicted octanol–water partition coefficient (Wildman–Crippen LogP) is 13.9. The van der Waals surface area contributed by atoms with Gasteiger partial charge in [-0.15, -0.1) is 0 Å². The summed E-state index contributed by atoms with van der Waals surface area (Å²) in [4.78, 5) is 0. The van der Waals surface area contributed by atoms with Crippen LogP contribution in [0.1, 0.15) is 163 Å². The van der Waals surface area contributed by atoms with Crippen LogP contribution in [0.3, 0.4) is 0 Å². The first-order valence-electron chi connectivity index (χ1n) is 16.0. The number of rotatable bonds is 17. The van der Waals surface area contributed by atoms with Crippen LogP contribution in [0.4, 0.5) is 0 Å². The molecule has 0 aliphatic heterocycles. The average Bonchev–Trinajstić information content (AvgIpc) is 2.90. The van der Waals surface area contributed by atoms with Crippen LogP contribution in [0, 0.1) is 11.3 Å². The molecular formula is C39H68. The number of unbranched alkanes of at least 4 members (excludes halogenated alkanes) is 2. The second-order valence-corrected chi connectivity index (χ2v) is 12.5. The molecule has 0 aromatic heterocycles. The van der Waals surface area contributed by atoms with Crippen molar-refractivity contribution in [2.45, 2.75) is 152 Å². The van der Waals surface area contributed by atoms with E-state index in [0.29, 0.717) is 11.3 Å². The summed E-state index contributed by atoms with van der Waals surface area (Å²) in [7, 11) is 0. The number of benzene rings is 1. The van der Waals surface area contributed by atoms with Gasteiger partial charge < -0.3 is 0 Å². The van der Waals surface area contributed by atoms with Gasteiger partial charge in [0.2, 0.25) is 0 Å². The van der Waals surface area contributed by atoms with Crippen LogP contribution >= 0.6 is 0 Å². The van der Waals surface area contributed by atoms with Crippen molar-refractivity contribution in [2.75, 3.05) is 0 Å². The number of hydrogen-bond acceptors (Lipinski definition) is 0. The first kappa shape index (κ1) is 39.3. The third kappa shape index (κ3) is 19.8. The van der Waals surface area contributed by atoms with Crippen molar-refractivity contribution >= 4 is 5.57 Å². The highest BCUT2D eigenvalue weighted by Crippen LogP contribution is 2.29. The molecule has 0 nitrogen and oxygen atoms in total. The molecule has 0 heterocycles. The van der Waals surface area contributed by atoms with Gasteiger partial charge >= 0.3 is 0 Å². The third-order valence-corrected chi connectivity index (χ3v) is 8.24. The number of allylic oxidation sites excluding steroid dienone is 4. The summed E-state index contributed by atoms with van der Waals surface area (Å²) in [6.45, 7) is 37.7. The van der Waals surface area contributed by atoms with Crippen molar-refractivity contribution in [1.82, 2.24) is 0 Å². The molecule has 0 N–H and O–H groups in total. The van der Waals surface area contributed by atoms with Crippen LogP contribution in [0.15, 0.2) is 67.3 Å². The third-order valence-electron chi connectivity index (χ3n) is 8.24. The van der Waals surface area contributed by atoms with E-state index in [1.165, 1.54) is 92.9 Å². The molecule has 2 atom stereocenters. The lowest BCUT2D eigenvalue weighted by atomic mass is 9.86. The highest BCUT2D eigenvalue weighted by atomic mass is 14.2. The Bertz CT molecular complexity index is 806. The van der Waals surface area contributed by atoms with Crippen LogP contribution in [0.25, 0.3) is 5.57 Å². The topological polar surface area (TPSA) is 0 Å². The van der Waals surface area contributed by atoms with E-state index in [4.69, 9.17) is 0 Å². The summed E-state index contributed by atoms with van der Waals surface area (Å²) < 4.78 is 0. The fourth-order valence-electron chi connectivity index (χ4n) is 4.62. The molecule has 0 bridgehead atoms. The maximum Gasteiger partial charge on any atom is -0.0164 e. The Morgan fingerprint density at radius 1 is 0.769 bits per heavy atom. The van der Waals surface area contributed by atoms with Gasteiger partial charge in [0.15, 0.2) is 0 Å². The van der Waals surface area contributed by atoms with Crippen molar-refractivity contribution in [2.24, 2.45) is 11.3 Å². The van der Waals surface area contributed by atoms with Gasteiger partial charge in [-0.1, -0.05) is 154 Å². The minimum Gasteiger partial charge on any atom is -0.0999 e. The molecule has 0 fully saturated rings. The monoisotopic (exact) mass is 537 g/mol. The minimum absolute atomic E-state index is 0.592. The van der Waals surface area contributed by atoms with Gasteiger partial charge in [0.1, 0.15) is 0 Å². The summed E-state index contributed by atoms with van der Waals surface area (Å²) in [5.41, 5.74) is 8.17. The van der Waals surface area contributed by atoms with E-state index < -0.39 is 0 Å². The van der Waals surface area contributed by atoms with Crippen molar-refractivity contribution in [3.63, 3.8) is 0 Å². The van der Waals surface area contributed by atoms with Crippen molar-refractivity contribution in [1.29, 1.82) is 0 Å². The molecule has 224 valence electrons. The lowest BCUT2D eigenvalue weighted by Crippen LogP contribution is -2.07. The van der Waals surface area contributed by atoms with Crippen molar-refractivity contribution in [3.05, 3.63) is 78.4 Å². The van der Waals surface area contributed by atoms with Crippen LogP contribution in [-0.2, 0) is 0 Å². The SMILES string of the molecule is C=C(C)C(=C)C.C=C(CC)c1cccc([C@H](CC)CCCCC[C@@H](CCC)C(=C)C)c1.CCCC(C)(C)CC. The van der Waals surface area contributed by atoms with Gasteiger partial charge in [-0.2, -0.15) is 0 Å². The Balaban J connectivity index is 0. The van der Waals surface area contributed by atoms with E-state index in [2.05, 4.69) is 106 Å². The molecule has 1 aromatic carbocycles. The molecule has 0 aliphatic carbocycles. The molecular weight excluding hydrogens is 468 g/mol. The largest absolute Gasteiger partial charge is 0.0999 e. The van der Waals surface area contributed by atoms with Gasteiger partial charge in [-0.05, 0) is 93.2 Å². The molecule has 1 aromatic rings. The zero-order chi connectivity index (χ0) is 30.4. The molecule has 0 radical (unpaired) electrons. The number of hydrogen-bond donors (Lipinski definition) is 0. The molecule has 0 amide bonds. The minimum atomic E-state index is 0.592. The van der Waals surface area contributed by atoms with Crippen molar-refractivity contribution in [3.8, 4) is 0 Å². The standard InChI is InChI=1S/C25H40.C8H18.C6H10/c1-7-14-23(20(4)5)16-12-10-11-15-22(9-3)25-18-13-17-24(19-25)21(6)8-2;1-5-7-8(3,4)6-2;1-5(2)6(3)4/h13,17-19,22-23H,4,6-12,14-16H2,1-3,5H3;5-7H2,1-4H3;1,3H2,2,4H3/t22-,23-;;/m1../s1. The van der Waals surface area contributed by atoms with Gasteiger partial charge in [-0.3, -0.25) is 0 Å². The molecule has 0 unspecified atom stereocenters. The molecule has 0 heteroatoms. The van der Waals surface area contributed by atoms with Crippen LogP contribution in [0.2, 0.25) is 0 Å². The quantitative estimate of drug-likeness (QED) is 0.105. The smallest absolute Gasteiger partial charge is 0.0164 e. The Morgan fingerprint density at radius 2 is 1.36 bits per heavy atom. The summed E-state index contributed by atoms with van der Waals surface area (Å²) >= 11 is 0. The maximum absolute atomic E-state index is 4.19. The van der Waals surface area contributed by atoms with E-state index in [0.717, 1.165) is 23.5 Å². The highest BCUT2D eigenvalue weighted by molar-refractivity contribution is 5.63. The van der Waals surface area contributed by atoms with E-state index in [9.17, 15) is 0 Å². The molecule has 1 rings (SSSR count). The molecule has 0 spiro atoms. The summed E-state index contributed by atoms with van der Waals surface area (Å²) in [6.07, 6.45) is 15.5. The zero-order valence-electron chi connectivity index (χ0n) is 28.3. The first-order valence-corrected chi connectivity index (χ1v) is 16.0. The second kappa shape index (κ2) is 22.9.